The Morgan fingerprint density at radius 2 is 2.11 bits per heavy atom. The summed E-state index contributed by atoms with van der Waals surface area (Å²) in [6.07, 6.45) is 2.82. The Kier molecular flexibility index (Phi) is 5.68. The van der Waals surface area contributed by atoms with Crippen molar-refractivity contribution in [2.75, 3.05) is 26.0 Å². The maximum absolute atomic E-state index is 11.0. The third kappa shape index (κ3) is 4.43. The minimum absolute atomic E-state index is 0.0150. The molecule has 0 radical (unpaired) electrons. The van der Waals surface area contributed by atoms with Crippen molar-refractivity contribution in [2.24, 2.45) is 5.92 Å². The second kappa shape index (κ2) is 6.81. The zero-order chi connectivity index (χ0) is 14.6. The standard InChI is InChI=1S/C12H19BrN4O2/c1-8(2)10(7-16(3)4)15-12-9(13)5-14-6-11(12)17(18)19/h5-6,8,10H,7H2,1-4H3,(H,14,15). The van der Waals surface area contributed by atoms with Crippen LogP contribution in [0.15, 0.2) is 16.9 Å². The van der Waals surface area contributed by atoms with Crippen molar-refractivity contribution in [3.8, 4) is 0 Å². The predicted octanol–water partition coefficient (Wildman–Crippen LogP) is 2.75. The third-order valence-electron chi connectivity index (χ3n) is 2.77. The van der Waals surface area contributed by atoms with E-state index in [2.05, 4.69) is 45.0 Å². The number of nitrogens with one attached hydrogen (secondary N) is 1. The summed E-state index contributed by atoms with van der Waals surface area (Å²) in [5.74, 6) is 0.349. The summed E-state index contributed by atoms with van der Waals surface area (Å²) in [7, 11) is 3.96. The zero-order valence-electron chi connectivity index (χ0n) is 11.6. The van der Waals surface area contributed by atoms with Crippen LogP contribution in [0, 0.1) is 16.0 Å². The van der Waals surface area contributed by atoms with Gasteiger partial charge in [0.2, 0.25) is 0 Å². The van der Waals surface area contributed by atoms with Crippen LogP contribution in [0.2, 0.25) is 0 Å². The number of halogens is 1. The lowest BCUT2D eigenvalue weighted by Gasteiger charge is -2.26. The molecule has 0 spiro atoms. The van der Waals surface area contributed by atoms with Gasteiger partial charge in [-0.3, -0.25) is 15.1 Å². The molecule has 19 heavy (non-hydrogen) atoms. The number of likely N-dealkylation sites (N-methyl/N-ethyl adjacent to an activating group) is 1. The summed E-state index contributed by atoms with van der Waals surface area (Å²) in [4.78, 5) is 16.5. The molecule has 0 amide bonds. The topological polar surface area (TPSA) is 71.3 Å². The fourth-order valence-corrected chi connectivity index (χ4v) is 2.14. The third-order valence-corrected chi connectivity index (χ3v) is 3.37. The molecule has 1 aromatic rings. The summed E-state index contributed by atoms with van der Waals surface area (Å²) < 4.78 is 0.603. The van der Waals surface area contributed by atoms with E-state index in [1.54, 1.807) is 6.20 Å². The van der Waals surface area contributed by atoms with Crippen LogP contribution in [-0.4, -0.2) is 41.5 Å². The number of rotatable bonds is 6. The number of pyridine rings is 1. The zero-order valence-corrected chi connectivity index (χ0v) is 13.1. The first kappa shape index (κ1) is 15.8. The second-order valence-corrected chi connectivity index (χ2v) is 5.88. The molecule has 1 N–H and O–H groups in total. The fourth-order valence-electron chi connectivity index (χ4n) is 1.71. The average molecular weight is 331 g/mol. The summed E-state index contributed by atoms with van der Waals surface area (Å²) in [5.41, 5.74) is 0.472. The molecule has 106 valence electrons. The molecule has 0 aliphatic rings. The average Bonchev–Trinajstić information content (AvgIpc) is 2.29. The molecule has 1 rings (SSSR count). The lowest BCUT2D eigenvalue weighted by molar-refractivity contribution is -0.384. The smallest absolute Gasteiger partial charge is 0.311 e. The van der Waals surface area contributed by atoms with E-state index in [0.717, 1.165) is 6.54 Å². The number of aromatic nitrogens is 1. The van der Waals surface area contributed by atoms with Gasteiger partial charge < -0.3 is 10.2 Å². The summed E-state index contributed by atoms with van der Waals surface area (Å²) in [5, 5.41) is 14.3. The number of anilines is 1. The number of hydrogen-bond donors (Lipinski definition) is 1. The first-order valence-electron chi connectivity index (χ1n) is 6.02. The Bertz CT molecular complexity index is 451. The second-order valence-electron chi connectivity index (χ2n) is 5.03. The van der Waals surface area contributed by atoms with Gasteiger partial charge in [-0.1, -0.05) is 13.8 Å². The van der Waals surface area contributed by atoms with E-state index >= 15 is 0 Å². The Hall–Kier alpha value is -1.21. The van der Waals surface area contributed by atoms with Gasteiger partial charge in [-0.25, -0.2) is 0 Å². The van der Waals surface area contributed by atoms with Crippen LogP contribution >= 0.6 is 15.9 Å². The molecule has 0 aliphatic carbocycles. The first-order chi connectivity index (χ1) is 8.82. The normalized spacial score (nSPS) is 12.8. The van der Waals surface area contributed by atoms with Crippen molar-refractivity contribution < 1.29 is 4.92 Å². The highest BCUT2D eigenvalue weighted by Gasteiger charge is 2.22. The van der Waals surface area contributed by atoms with E-state index in [9.17, 15) is 10.1 Å². The molecule has 1 aromatic heterocycles. The van der Waals surface area contributed by atoms with Gasteiger partial charge in [0.1, 0.15) is 11.9 Å². The number of nitrogens with zero attached hydrogens (tertiary/aromatic N) is 3. The van der Waals surface area contributed by atoms with Crippen molar-refractivity contribution in [2.45, 2.75) is 19.9 Å². The van der Waals surface area contributed by atoms with E-state index in [0.29, 0.717) is 16.1 Å². The van der Waals surface area contributed by atoms with E-state index in [-0.39, 0.29) is 11.7 Å². The first-order valence-corrected chi connectivity index (χ1v) is 6.81. The van der Waals surface area contributed by atoms with Gasteiger partial charge in [-0.15, -0.1) is 0 Å². The summed E-state index contributed by atoms with van der Waals surface area (Å²) >= 11 is 3.32. The van der Waals surface area contributed by atoms with Crippen LogP contribution in [0.5, 0.6) is 0 Å². The van der Waals surface area contributed by atoms with Crippen LogP contribution in [-0.2, 0) is 0 Å². The molecular weight excluding hydrogens is 312 g/mol. The lowest BCUT2D eigenvalue weighted by Crippen LogP contribution is -2.36. The highest BCUT2D eigenvalue weighted by atomic mass is 79.9. The van der Waals surface area contributed by atoms with Gasteiger partial charge in [-0.2, -0.15) is 0 Å². The molecule has 6 nitrogen and oxygen atoms in total. The van der Waals surface area contributed by atoms with Crippen molar-refractivity contribution >= 4 is 27.3 Å². The summed E-state index contributed by atoms with van der Waals surface area (Å²) in [6.45, 7) is 4.97. The Labute approximate surface area is 121 Å². The summed E-state index contributed by atoms with van der Waals surface area (Å²) in [6, 6.07) is 0.118. The van der Waals surface area contributed by atoms with E-state index in [1.165, 1.54) is 6.20 Å². The Morgan fingerprint density at radius 1 is 1.47 bits per heavy atom. The van der Waals surface area contributed by atoms with E-state index in [1.807, 2.05) is 14.1 Å². The molecule has 0 saturated heterocycles. The van der Waals surface area contributed by atoms with Crippen LogP contribution in [0.3, 0.4) is 0 Å². The molecule has 0 aromatic carbocycles. The number of nitro groups is 1. The van der Waals surface area contributed by atoms with Gasteiger partial charge in [0.15, 0.2) is 0 Å². The Morgan fingerprint density at radius 3 is 2.58 bits per heavy atom. The molecule has 0 fully saturated rings. The quantitative estimate of drug-likeness (QED) is 0.641. The van der Waals surface area contributed by atoms with Gasteiger partial charge in [-0.05, 0) is 35.9 Å². The molecular formula is C12H19BrN4O2. The van der Waals surface area contributed by atoms with Crippen molar-refractivity contribution in [1.82, 2.24) is 9.88 Å². The van der Waals surface area contributed by atoms with Crippen LogP contribution in [0.1, 0.15) is 13.8 Å². The SMILES string of the molecule is CC(C)C(CN(C)C)Nc1c(Br)cncc1[N+](=O)[O-]. The van der Waals surface area contributed by atoms with E-state index < -0.39 is 4.92 Å². The van der Waals surface area contributed by atoms with Crippen molar-refractivity contribution in [1.29, 1.82) is 0 Å². The van der Waals surface area contributed by atoms with Crippen molar-refractivity contribution in [3.05, 3.63) is 27.0 Å². The van der Waals surface area contributed by atoms with Gasteiger partial charge in [0, 0.05) is 18.8 Å². The molecule has 0 saturated carbocycles. The van der Waals surface area contributed by atoms with Gasteiger partial charge in [0.05, 0.1) is 9.40 Å². The largest absolute Gasteiger partial charge is 0.374 e. The minimum Gasteiger partial charge on any atom is -0.374 e. The molecule has 1 heterocycles. The predicted molar refractivity (Wildman–Crippen MR) is 79.4 cm³/mol. The molecule has 7 heteroatoms. The highest BCUT2D eigenvalue weighted by molar-refractivity contribution is 9.10. The molecule has 1 unspecified atom stereocenters. The minimum atomic E-state index is -0.423. The number of hydrogen-bond acceptors (Lipinski definition) is 5. The van der Waals surface area contributed by atoms with Crippen LogP contribution in [0.25, 0.3) is 0 Å². The van der Waals surface area contributed by atoms with Crippen molar-refractivity contribution in [3.63, 3.8) is 0 Å². The van der Waals surface area contributed by atoms with Crippen LogP contribution < -0.4 is 5.32 Å². The maximum Gasteiger partial charge on any atom is 0.311 e. The van der Waals surface area contributed by atoms with Gasteiger partial charge >= 0.3 is 5.69 Å². The highest BCUT2D eigenvalue weighted by Crippen LogP contribution is 2.32. The van der Waals surface area contributed by atoms with E-state index in [4.69, 9.17) is 0 Å². The maximum atomic E-state index is 11.0. The Balaban J connectivity index is 3.05. The fraction of sp³-hybridized carbons (Fsp3) is 0.583. The lowest BCUT2D eigenvalue weighted by atomic mass is 10.0. The molecule has 0 aliphatic heterocycles. The van der Waals surface area contributed by atoms with Gasteiger partial charge in [0.25, 0.3) is 0 Å². The molecule has 0 bridgehead atoms. The van der Waals surface area contributed by atoms with Crippen LogP contribution in [0.4, 0.5) is 11.4 Å². The monoisotopic (exact) mass is 330 g/mol. The molecule has 1 atom stereocenters.